The molecule has 4 aromatic rings. The second-order valence-electron chi connectivity index (χ2n) is 9.71. The van der Waals surface area contributed by atoms with Gasteiger partial charge in [0.1, 0.15) is 0 Å². The summed E-state index contributed by atoms with van der Waals surface area (Å²) < 4.78 is 13.8. The van der Waals surface area contributed by atoms with Gasteiger partial charge in [0, 0.05) is 43.3 Å². The van der Waals surface area contributed by atoms with Crippen LogP contribution in [0.15, 0.2) is 102 Å². The number of rotatable bonds is 9. The van der Waals surface area contributed by atoms with E-state index in [-0.39, 0.29) is 24.7 Å². The molecule has 2 N–H and O–H groups in total. The van der Waals surface area contributed by atoms with Gasteiger partial charge in [0.05, 0.1) is 18.8 Å². The highest BCUT2D eigenvalue weighted by Crippen LogP contribution is 2.39. The van der Waals surface area contributed by atoms with Crippen molar-refractivity contribution in [2.75, 3.05) is 5.75 Å². The van der Waals surface area contributed by atoms with Crippen LogP contribution in [0.3, 0.4) is 0 Å². The first-order valence-electron chi connectivity index (χ1n) is 13.2. The van der Waals surface area contributed by atoms with Gasteiger partial charge in [-0.05, 0) is 33.9 Å². The van der Waals surface area contributed by atoms with E-state index in [0.717, 1.165) is 38.1 Å². The van der Waals surface area contributed by atoms with Gasteiger partial charge < -0.3 is 25.1 Å². The van der Waals surface area contributed by atoms with Gasteiger partial charge in [-0.2, -0.15) is 4.73 Å². The van der Waals surface area contributed by atoms with Crippen molar-refractivity contribution in [3.63, 3.8) is 0 Å². The SMILES string of the molecule is CC(=O)NCc1ccccc1-c1ccc(C2OC(CSc3cccc[n+]3[O-])CC(c3ccc(CO)cc3)O2)cc1. The van der Waals surface area contributed by atoms with Crippen LogP contribution in [-0.4, -0.2) is 22.9 Å². The number of carbonyl (C=O) groups excluding carboxylic acids is 1. The topological polar surface area (TPSA) is 94.7 Å². The summed E-state index contributed by atoms with van der Waals surface area (Å²) in [6, 6.07) is 29.3. The average Bonchev–Trinajstić information content (AvgIpc) is 3.00. The third-order valence-corrected chi connectivity index (χ3v) is 8.01. The van der Waals surface area contributed by atoms with E-state index in [4.69, 9.17) is 9.47 Å². The quantitative estimate of drug-likeness (QED) is 0.162. The number of hydrogen-bond donors (Lipinski definition) is 2. The Morgan fingerprint density at radius 2 is 1.70 bits per heavy atom. The minimum Gasteiger partial charge on any atom is -0.618 e. The molecule has 5 rings (SSSR count). The Bertz CT molecular complexity index is 1430. The second kappa shape index (κ2) is 13.1. The summed E-state index contributed by atoms with van der Waals surface area (Å²) >= 11 is 1.47. The van der Waals surface area contributed by atoms with E-state index in [0.29, 0.717) is 23.7 Å². The number of benzene rings is 3. The van der Waals surface area contributed by atoms with Crippen LogP contribution in [0.2, 0.25) is 0 Å². The van der Waals surface area contributed by atoms with Gasteiger partial charge in [0.25, 0.3) is 5.03 Å². The Morgan fingerprint density at radius 1 is 0.975 bits per heavy atom. The normalized spacial score (nSPS) is 18.8. The predicted octanol–water partition coefficient (Wildman–Crippen LogP) is 5.45. The standard InChI is InChI=1S/C32H32N2O5S/c1-22(36)33-19-27-6-2-3-7-29(27)24-13-15-26(16-14-24)32-38-28(21-40-31-8-4-5-17-34(31)37)18-30(39-32)25-11-9-23(20-35)10-12-25/h2-17,28,30,32,35H,18-21H2,1H3,(H,33,36). The number of pyridine rings is 1. The smallest absolute Gasteiger partial charge is 0.251 e. The van der Waals surface area contributed by atoms with Gasteiger partial charge in [-0.25, -0.2) is 0 Å². The van der Waals surface area contributed by atoms with Crippen molar-refractivity contribution < 1.29 is 24.1 Å². The number of hydrogen-bond acceptors (Lipinski definition) is 6. The van der Waals surface area contributed by atoms with Gasteiger partial charge in [-0.3, -0.25) is 4.79 Å². The minimum absolute atomic E-state index is 0.0105. The number of nitrogens with one attached hydrogen (secondary N) is 1. The minimum atomic E-state index is -0.583. The lowest BCUT2D eigenvalue weighted by Crippen LogP contribution is -2.32. The molecule has 3 unspecified atom stereocenters. The first-order valence-corrected chi connectivity index (χ1v) is 14.2. The maximum absolute atomic E-state index is 12.2. The van der Waals surface area contributed by atoms with Crippen LogP contribution in [-0.2, 0) is 27.4 Å². The van der Waals surface area contributed by atoms with E-state index < -0.39 is 6.29 Å². The number of thioether (sulfide) groups is 1. The van der Waals surface area contributed by atoms with Crippen molar-refractivity contribution in [1.29, 1.82) is 0 Å². The molecule has 1 aliphatic heterocycles. The van der Waals surface area contributed by atoms with Gasteiger partial charge in [0.2, 0.25) is 5.91 Å². The summed E-state index contributed by atoms with van der Waals surface area (Å²) in [6.45, 7) is 1.96. The van der Waals surface area contributed by atoms with E-state index in [1.165, 1.54) is 24.9 Å². The largest absolute Gasteiger partial charge is 0.618 e. The van der Waals surface area contributed by atoms with E-state index >= 15 is 0 Å². The van der Waals surface area contributed by atoms with Crippen molar-refractivity contribution >= 4 is 17.7 Å². The lowest BCUT2D eigenvalue weighted by atomic mass is 9.98. The molecule has 3 aromatic carbocycles. The van der Waals surface area contributed by atoms with Crippen molar-refractivity contribution in [1.82, 2.24) is 5.32 Å². The Morgan fingerprint density at radius 3 is 2.42 bits per heavy atom. The van der Waals surface area contributed by atoms with Gasteiger partial charge in [-0.15, -0.1) is 0 Å². The van der Waals surface area contributed by atoms with Crippen LogP contribution in [0.1, 0.15) is 48.0 Å². The van der Waals surface area contributed by atoms with Crippen LogP contribution >= 0.6 is 11.8 Å². The fourth-order valence-electron chi connectivity index (χ4n) is 4.72. The van der Waals surface area contributed by atoms with Crippen LogP contribution in [0.5, 0.6) is 0 Å². The number of nitrogens with zero attached hydrogens (tertiary/aromatic N) is 1. The number of amides is 1. The summed E-state index contributed by atoms with van der Waals surface area (Å²) in [7, 11) is 0. The zero-order valence-electron chi connectivity index (χ0n) is 22.2. The van der Waals surface area contributed by atoms with Crippen molar-refractivity contribution in [2.45, 2.75) is 50.0 Å². The maximum atomic E-state index is 12.2. The van der Waals surface area contributed by atoms with Crippen LogP contribution < -0.4 is 10.0 Å². The average molecular weight is 557 g/mol. The Balaban J connectivity index is 1.36. The Kier molecular flexibility index (Phi) is 9.13. The zero-order valence-corrected chi connectivity index (χ0v) is 23.1. The molecule has 206 valence electrons. The van der Waals surface area contributed by atoms with E-state index in [1.54, 1.807) is 6.07 Å². The molecule has 0 spiro atoms. The zero-order chi connectivity index (χ0) is 27.9. The fraction of sp³-hybridized carbons (Fsp3) is 0.250. The van der Waals surface area contributed by atoms with Gasteiger partial charge in [-0.1, -0.05) is 84.6 Å². The second-order valence-corrected chi connectivity index (χ2v) is 10.8. The predicted molar refractivity (Wildman–Crippen MR) is 154 cm³/mol. The first-order chi connectivity index (χ1) is 19.5. The maximum Gasteiger partial charge on any atom is 0.251 e. The van der Waals surface area contributed by atoms with Crippen molar-refractivity contribution in [3.05, 3.63) is 125 Å². The molecule has 1 amide bonds. The van der Waals surface area contributed by atoms with E-state index in [1.807, 2.05) is 84.9 Å². The summed E-state index contributed by atoms with van der Waals surface area (Å²) in [5, 5.41) is 25.1. The summed E-state index contributed by atoms with van der Waals surface area (Å²) in [5.74, 6) is 0.536. The molecule has 0 radical (unpaired) electrons. The molecule has 7 nitrogen and oxygen atoms in total. The monoisotopic (exact) mass is 556 g/mol. The highest BCUT2D eigenvalue weighted by Gasteiger charge is 2.32. The molecule has 1 aromatic heterocycles. The highest BCUT2D eigenvalue weighted by molar-refractivity contribution is 7.99. The van der Waals surface area contributed by atoms with Crippen molar-refractivity contribution in [3.8, 4) is 11.1 Å². The molecule has 1 saturated heterocycles. The Hall–Kier alpha value is -3.69. The molecular weight excluding hydrogens is 524 g/mol. The molecule has 1 fully saturated rings. The van der Waals surface area contributed by atoms with E-state index in [2.05, 4.69) is 5.32 Å². The summed E-state index contributed by atoms with van der Waals surface area (Å²) in [6.07, 6.45) is 1.20. The Labute approximate surface area is 238 Å². The molecule has 1 aliphatic rings. The fourth-order valence-corrected chi connectivity index (χ4v) is 5.66. The molecule has 8 heteroatoms. The van der Waals surface area contributed by atoms with E-state index in [9.17, 15) is 15.1 Å². The third kappa shape index (κ3) is 6.89. The number of aliphatic hydroxyl groups excluding tert-OH is 1. The number of ether oxygens (including phenoxy) is 2. The number of aromatic nitrogens is 1. The first kappa shape index (κ1) is 27.9. The molecular formula is C32H32N2O5S. The van der Waals surface area contributed by atoms with Gasteiger partial charge >= 0.3 is 0 Å². The highest BCUT2D eigenvalue weighted by atomic mass is 32.2. The van der Waals surface area contributed by atoms with Crippen molar-refractivity contribution in [2.24, 2.45) is 0 Å². The van der Waals surface area contributed by atoms with Crippen LogP contribution in [0.4, 0.5) is 0 Å². The van der Waals surface area contributed by atoms with Gasteiger partial charge in [0.15, 0.2) is 12.5 Å². The molecule has 0 bridgehead atoms. The number of carbonyl (C=O) groups is 1. The molecule has 40 heavy (non-hydrogen) atoms. The third-order valence-electron chi connectivity index (χ3n) is 6.86. The molecule has 0 aliphatic carbocycles. The number of aliphatic hydroxyl groups is 1. The lowest BCUT2D eigenvalue weighted by molar-refractivity contribution is -0.645. The summed E-state index contributed by atoms with van der Waals surface area (Å²) in [4.78, 5) is 11.4. The molecule has 3 atom stereocenters. The molecule has 2 heterocycles. The molecule has 0 saturated carbocycles. The summed E-state index contributed by atoms with van der Waals surface area (Å²) in [5.41, 5.74) is 5.88. The van der Waals surface area contributed by atoms with Crippen LogP contribution in [0, 0.1) is 5.21 Å². The van der Waals surface area contributed by atoms with Crippen LogP contribution in [0.25, 0.3) is 11.1 Å². The lowest BCUT2D eigenvalue weighted by Gasteiger charge is -2.36.